The average molecular weight is 365 g/mol. The zero-order valence-electron chi connectivity index (χ0n) is 16.0. The number of rotatable bonds is 8. The van der Waals surface area contributed by atoms with Gasteiger partial charge in [-0.05, 0) is 68.0 Å². The molecular weight excluding hydrogens is 332 g/mol. The molecule has 1 aromatic rings. The Balaban J connectivity index is 2.27. The Hall–Kier alpha value is -1.17. The van der Waals surface area contributed by atoms with Gasteiger partial charge >= 0.3 is 0 Å². The fraction of sp³-hybridized carbons (Fsp3) is 0.600. The van der Waals surface area contributed by atoms with E-state index in [1.807, 2.05) is 12.1 Å². The smallest absolute Gasteiger partial charge is 0.235 e. The molecule has 1 aliphatic rings. The third kappa shape index (κ3) is 5.16. The number of nitrogens with zero attached hydrogens (tertiary/aromatic N) is 2. The molecule has 0 N–H and O–H groups in total. The van der Waals surface area contributed by atoms with E-state index < -0.39 is 10.0 Å². The number of hydrogen-bond donors (Lipinski definition) is 0. The van der Waals surface area contributed by atoms with Gasteiger partial charge in [0, 0.05) is 25.5 Å². The summed E-state index contributed by atoms with van der Waals surface area (Å²) in [6.07, 6.45) is 7.39. The predicted molar refractivity (Wildman–Crippen MR) is 106 cm³/mol. The van der Waals surface area contributed by atoms with Crippen molar-refractivity contribution in [2.45, 2.75) is 52.0 Å². The Labute approximate surface area is 153 Å². The van der Waals surface area contributed by atoms with Crippen LogP contribution in [0.1, 0.15) is 49.8 Å². The lowest BCUT2D eigenvalue weighted by molar-refractivity contribution is 0.180. The lowest BCUT2D eigenvalue weighted by atomic mass is 9.84. The molecule has 1 aliphatic carbocycles. The zero-order valence-corrected chi connectivity index (χ0v) is 16.8. The highest BCUT2D eigenvalue weighted by atomic mass is 32.2. The minimum absolute atomic E-state index is 0.562. The summed E-state index contributed by atoms with van der Waals surface area (Å²) in [5.74, 6) is 0. The lowest BCUT2D eigenvalue weighted by Crippen LogP contribution is -2.40. The van der Waals surface area contributed by atoms with Gasteiger partial charge in [-0.1, -0.05) is 32.0 Å². The van der Waals surface area contributed by atoms with Crippen LogP contribution in [0, 0.1) is 0 Å². The Bertz CT molecular complexity index is 690. The predicted octanol–water partition coefficient (Wildman–Crippen LogP) is 3.53. The first-order valence-electron chi connectivity index (χ1n) is 9.34. The van der Waals surface area contributed by atoms with E-state index in [9.17, 15) is 8.42 Å². The first-order valence-corrected chi connectivity index (χ1v) is 10.8. The summed E-state index contributed by atoms with van der Waals surface area (Å²) in [5, 5.41) is 1.32. The van der Waals surface area contributed by atoms with Crippen LogP contribution in [-0.4, -0.2) is 50.8 Å². The molecule has 1 atom stereocenters. The maximum Gasteiger partial charge on any atom is 0.235 e. The van der Waals surface area contributed by atoms with Gasteiger partial charge in [-0.25, -0.2) is 12.7 Å². The normalized spacial score (nSPS) is 18.2. The molecule has 0 aromatic heterocycles. The lowest BCUT2D eigenvalue weighted by Gasteiger charge is -2.35. The second-order valence-electron chi connectivity index (χ2n) is 7.05. The second-order valence-corrected chi connectivity index (χ2v) is 9.08. The van der Waals surface area contributed by atoms with Crippen molar-refractivity contribution in [3.8, 4) is 0 Å². The average Bonchev–Trinajstić information content (AvgIpc) is 2.59. The fourth-order valence-electron chi connectivity index (χ4n) is 3.60. The molecule has 5 heteroatoms. The summed E-state index contributed by atoms with van der Waals surface area (Å²) in [6, 6.07) is 6.82. The Morgan fingerprint density at radius 1 is 1.16 bits per heavy atom. The van der Waals surface area contributed by atoms with Crippen LogP contribution in [0.3, 0.4) is 0 Å². The topological polar surface area (TPSA) is 40.6 Å². The van der Waals surface area contributed by atoms with Crippen molar-refractivity contribution in [3.63, 3.8) is 0 Å². The van der Waals surface area contributed by atoms with Crippen molar-refractivity contribution >= 4 is 16.1 Å². The van der Waals surface area contributed by atoms with Gasteiger partial charge < -0.3 is 4.90 Å². The van der Waals surface area contributed by atoms with E-state index in [-0.39, 0.29) is 0 Å². The van der Waals surface area contributed by atoms with Gasteiger partial charge in [0.05, 0.1) is 0 Å². The number of aryl methyl sites for hydroxylation is 1. The minimum atomic E-state index is -3.33. The van der Waals surface area contributed by atoms with E-state index >= 15 is 0 Å². The van der Waals surface area contributed by atoms with Gasteiger partial charge in [-0.3, -0.25) is 0 Å². The standard InChI is InChI=1S/C20H32N2O2S/c1-5-13-22(14-6-2)19-11-10-17-8-7-9-18(20(17)16-19)12-15-25(23,24)21(3)4/h7-9,12,15,19H,5-6,10-11,13-14,16H2,1-4H3. The summed E-state index contributed by atoms with van der Waals surface area (Å²) in [7, 11) is -0.210. The monoisotopic (exact) mass is 364 g/mol. The van der Waals surface area contributed by atoms with Crippen LogP contribution in [0.2, 0.25) is 0 Å². The van der Waals surface area contributed by atoms with Gasteiger partial charge in [-0.2, -0.15) is 0 Å². The van der Waals surface area contributed by atoms with Gasteiger partial charge in [0.1, 0.15) is 0 Å². The first-order chi connectivity index (χ1) is 11.9. The summed E-state index contributed by atoms with van der Waals surface area (Å²) < 4.78 is 25.3. The molecule has 0 saturated heterocycles. The minimum Gasteiger partial charge on any atom is -0.300 e. The van der Waals surface area contributed by atoms with Crippen LogP contribution < -0.4 is 0 Å². The highest BCUT2D eigenvalue weighted by molar-refractivity contribution is 7.92. The van der Waals surface area contributed by atoms with E-state index in [0.29, 0.717) is 6.04 Å². The molecule has 0 aliphatic heterocycles. The number of hydrogen-bond acceptors (Lipinski definition) is 3. The molecule has 2 rings (SSSR count). The molecule has 0 heterocycles. The van der Waals surface area contributed by atoms with Gasteiger partial charge in [0.25, 0.3) is 0 Å². The molecule has 140 valence electrons. The zero-order chi connectivity index (χ0) is 18.4. The molecular formula is C20H32N2O2S. The molecule has 4 nitrogen and oxygen atoms in total. The van der Waals surface area contributed by atoms with Crippen molar-refractivity contribution in [1.29, 1.82) is 0 Å². The molecule has 0 fully saturated rings. The van der Waals surface area contributed by atoms with E-state index in [2.05, 4.69) is 24.8 Å². The molecule has 0 amide bonds. The number of sulfonamides is 1. The fourth-order valence-corrected chi connectivity index (χ4v) is 4.16. The molecule has 1 aromatic carbocycles. The third-order valence-electron chi connectivity index (χ3n) is 4.96. The molecule has 0 bridgehead atoms. The maximum atomic E-state index is 12.0. The Morgan fingerprint density at radius 3 is 2.44 bits per heavy atom. The van der Waals surface area contributed by atoms with Crippen LogP contribution >= 0.6 is 0 Å². The van der Waals surface area contributed by atoms with Crippen molar-refractivity contribution in [2.24, 2.45) is 0 Å². The van der Waals surface area contributed by atoms with Crippen molar-refractivity contribution < 1.29 is 8.42 Å². The van der Waals surface area contributed by atoms with Crippen LogP contribution in [0.15, 0.2) is 23.6 Å². The number of fused-ring (bicyclic) bond motifs is 1. The van der Waals surface area contributed by atoms with Crippen LogP contribution in [0.4, 0.5) is 0 Å². The Morgan fingerprint density at radius 2 is 1.84 bits per heavy atom. The van der Waals surface area contributed by atoms with Crippen LogP contribution in [0.25, 0.3) is 6.08 Å². The highest BCUT2D eigenvalue weighted by Crippen LogP contribution is 2.28. The molecule has 0 saturated carbocycles. The molecule has 0 spiro atoms. The Kier molecular flexibility index (Phi) is 7.23. The van der Waals surface area contributed by atoms with Gasteiger partial charge in [-0.15, -0.1) is 0 Å². The van der Waals surface area contributed by atoms with Crippen LogP contribution in [-0.2, 0) is 22.9 Å². The largest absolute Gasteiger partial charge is 0.300 e. The summed E-state index contributed by atoms with van der Waals surface area (Å²) >= 11 is 0. The number of benzene rings is 1. The SMILES string of the molecule is CCCN(CCC)C1CCc2cccc(C=CS(=O)(=O)N(C)C)c2C1. The maximum absolute atomic E-state index is 12.0. The van der Waals surface area contributed by atoms with E-state index in [1.165, 1.54) is 40.1 Å². The van der Waals surface area contributed by atoms with Gasteiger partial charge in [0.15, 0.2) is 0 Å². The van der Waals surface area contributed by atoms with Crippen molar-refractivity contribution in [1.82, 2.24) is 9.21 Å². The highest BCUT2D eigenvalue weighted by Gasteiger charge is 2.24. The van der Waals surface area contributed by atoms with Crippen LogP contribution in [0.5, 0.6) is 0 Å². The van der Waals surface area contributed by atoms with Crippen molar-refractivity contribution in [2.75, 3.05) is 27.2 Å². The molecule has 0 radical (unpaired) electrons. The summed E-state index contributed by atoms with van der Waals surface area (Å²) in [4.78, 5) is 2.61. The van der Waals surface area contributed by atoms with Crippen molar-refractivity contribution in [3.05, 3.63) is 40.3 Å². The first kappa shape index (κ1) is 20.1. The van der Waals surface area contributed by atoms with E-state index in [1.54, 1.807) is 20.2 Å². The molecule has 1 unspecified atom stereocenters. The second kappa shape index (κ2) is 8.97. The summed E-state index contributed by atoms with van der Waals surface area (Å²) in [5.41, 5.74) is 3.73. The summed E-state index contributed by atoms with van der Waals surface area (Å²) in [6.45, 7) is 6.75. The molecule has 25 heavy (non-hydrogen) atoms. The third-order valence-corrected chi connectivity index (χ3v) is 6.46. The van der Waals surface area contributed by atoms with E-state index in [0.717, 1.165) is 31.5 Å². The van der Waals surface area contributed by atoms with E-state index in [4.69, 9.17) is 0 Å². The quantitative estimate of drug-likeness (QED) is 0.708. The van der Waals surface area contributed by atoms with Gasteiger partial charge in [0.2, 0.25) is 10.0 Å².